The van der Waals surface area contributed by atoms with E-state index in [4.69, 9.17) is 5.73 Å². The molecule has 0 aromatic heterocycles. The first kappa shape index (κ1) is 13.6. The first-order chi connectivity index (χ1) is 4.00. The summed E-state index contributed by atoms with van der Waals surface area (Å²) < 4.78 is 0. The van der Waals surface area contributed by atoms with Crippen LogP contribution in [0, 0.1) is 0 Å². The van der Waals surface area contributed by atoms with Crippen molar-refractivity contribution in [3.05, 3.63) is 0 Å². The fourth-order valence-electron chi connectivity index (χ4n) is 0.621. The van der Waals surface area contributed by atoms with Gasteiger partial charge in [0.25, 0.3) is 0 Å². The Balaban J connectivity index is 0. The molecule has 2 N–H and O–H groups in total. The van der Waals surface area contributed by atoms with E-state index in [2.05, 4.69) is 0 Å². The van der Waals surface area contributed by atoms with Crippen LogP contribution in [0.5, 0.6) is 0 Å². The van der Waals surface area contributed by atoms with Crippen LogP contribution in [0.25, 0.3) is 0 Å². The van der Waals surface area contributed by atoms with Crippen LogP contribution in [0.15, 0.2) is 0 Å². The molecular weight excluding hydrogens is 157 g/mol. The van der Waals surface area contributed by atoms with Crippen LogP contribution in [0.3, 0.4) is 0 Å². The molecule has 0 saturated heterocycles. The molecule has 10 heavy (non-hydrogen) atoms. The third-order valence-corrected chi connectivity index (χ3v) is 1.24. The zero-order valence-corrected chi connectivity index (χ0v) is 9.93. The number of carboxylic acid groups (broad SMARTS) is 1. The predicted octanol–water partition coefficient (Wildman–Crippen LogP) is -3.74. The molecule has 0 aliphatic rings. The second-order valence-electron chi connectivity index (χ2n) is 2.45. The molecule has 1 unspecified atom stereocenters. The zero-order valence-electron chi connectivity index (χ0n) is 6.81. The Labute approximate surface area is 104 Å². The fraction of sp³-hybridized carbons (Fsp3) is 0.833. The number of aliphatic carboxylic acids is 1. The van der Waals surface area contributed by atoms with Gasteiger partial charge in [0.2, 0.25) is 0 Å². The number of hydrogen-bond acceptors (Lipinski definition) is 3. The second-order valence-corrected chi connectivity index (χ2v) is 2.45. The maximum Gasteiger partial charge on any atom is 1.00 e. The minimum atomic E-state index is -1.18. The van der Waals surface area contributed by atoms with Crippen LogP contribution < -0.4 is 62.2 Å². The SMILES string of the molecule is CCCC(C)(N)C(=O)[O-].[K+]. The fourth-order valence-corrected chi connectivity index (χ4v) is 0.621. The van der Waals surface area contributed by atoms with Gasteiger partial charge in [0, 0.05) is 0 Å². The van der Waals surface area contributed by atoms with Crippen LogP contribution in [0.2, 0.25) is 0 Å². The van der Waals surface area contributed by atoms with E-state index in [0.29, 0.717) is 6.42 Å². The zero-order chi connectivity index (χ0) is 7.49. The summed E-state index contributed by atoms with van der Waals surface area (Å²) in [5.41, 5.74) is 4.16. The summed E-state index contributed by atoms with van der Waals surface area (Å²) in [7, 11) is 0. The van der Waals surface area contributed by atoms with Crippen LogP contribution in [-0.4, -0.2) is 11.5 Å². The summed E-state index contributed by atoms with van der Waals surface area (Å²) in [6.07, 6.45) is 1.23. The molecule has 0 radical (unpaired) electrons. The average molecular weight is 169 g/mol. The molecule has 0 amide bonds. The van der Waals surface area contributed by atoms with Crippen LogP contribution >= 0.6 is 0 Å². The number of rotatable bonds is 3. The van der Waals surface area contributed by atoms with Gasteiger partial charge in [0.1, 0.15) is 0 Å². The van der Waals surface area contributed by atoms with Crippen LogP contribution in [0.4, 0.5) is 0 Å². The van der Waals surface area contributed by atoms with Crippen molar-refractivity contribution in [1.29, 1.82) is 0 Å². The quantitative estimate of drug-likeness (QED) is 0.442. The van der Waals surface area contributed by atoms with E-state index >= 15 is 0 Å². The first-order valence-corrected chi connectivity index (χ1v) is 3.01. The van der Waals surface area contributed by atoms with Gasteiger partial charge >= 0.3 is 51.4 Å². The Morgan fingerprint density at radius 3 is 2.20 bits per heavy atom. The van der Waals surface area contributed by atoms with E-state index in [1.165, 1.54) is 6.92 Å². The maximum atomic E-state index is 10.2. The number of carboxylic acids is 1. The van der Waals surface area contributed by atoms with Crippen LogP contribution in [-0.2, 0) is 4.79 Å². The maximum absolute atomic E-state index is 10.2. The molecule has 0 heterocycles. The van der Waals surface area contributed by atoms with Gasteiger partial charge in [-0.3, -0.25) is 0 Å². The van der Waals surface area contributed by atoms with E-state index in [1.54, 1.807) is 0 Å². The Morgan fingerprint density at radius 2 is 2.10 bits per heavy atom. The molecule has 0 aromatic carbocycles. The molecule has 0 bridgehead atoms. The minimum absolute atomic E-state index is 0. The van der Waals surface area contributed by atoms with Gasteiger partial charge in [-0.1, -0.05) is 13.3 Å². The van der Waals surface area contributed by atoms with Gasteiger partial charge in [-0.2, -0.15) is 0 Å². The van der Waals surface area contributed by atoms with Gasteiger partial charge < -0.3 is 15.6 Å². The van der Waals surface area contributed by atoms with Gasteiger partial charge in [-0.15, -0.1) is 0 Å². The van der Waals surface area contributed by atoms with E-state index in [9.17, 15) is 9.90 Å². The van der Waals surface area contributed by atoms with Crippen molar-refractivity contribution in [2.45, 2.75) is 32.2 Å². The standard InChI is InChI=1S/C6H13NO2.K/c1-3-4-6(2,7)5(8)9;/h3-4,7H2,1-2H3,(H,8,9);/q;+1/p-1. The Hall–Kier alpha value is 1.07. The number of carbonyl (C=O) groups excluding carboxylic acids is 1. The van der Waals surface area contributed by atoms with Crippen molar-refractivity contribution >= 4 is 5.97 Å². The normalized spacial score (nSPS) is 15.1. The Kier molecular flexibility index (Phi) is 7.75. The van der Waals surface area contributed by atoms with Crippen molar-refractivity contribution in [3.63, 3.8) is 0 Å². The largest absolute Gasteiger partial charge is 1.00 e. The Bertz CT molecular complexity index is 114. The summed E-state index contributed by atoms with van der Waals surface area (Å²) >= 11 is 0. The van der Waals surface area contributed by atoms with Gasteiger partial charge in [-0.25, -0.2) is 0 Å². The van der Waals surface area contributed by atoms with E-state index in [0.717, 1.165) is 6.42 Å². The van der Waals surface area contributed by atoms with Crippen molar-refractivity contribution in [1.82, 2.24) is 0 Å². The number of carbonyl (C=O) groups is 1. The molecule has 3 nitrogen and oxygen atoms in total. The van der Waals surface area contributed by atoms with Crippen molar-refractivity contribution in [2.75, 3.05) is 0 Å². The smallest absolute Gasteiger partial charge is 0.548 e. The molecule has 0 saturated carbocycles. The number of nitrogens with two attached hydrogens (primary N) is 1. The van der Waals surface area contributed by atoms with E-state index in [1.807, 2.05) is 6.92 Å². The predicted molar refractivity (Wildman–Crippen MR) is 32.5 cm³/mol. The van der Waals surface area contributed by atoms with E-state index in [-0.39, 0.29) is 51.4 Å². The van der Waals surface area contributed by atoms with Gasteiger partial charge in [0.15, 0.2) is 0 Å². The molecule has 0 aliphatic carbocycles. The molecule has 1 atom stereocenters. The third kappa shape index (κ3) is 4.82. The summed E-state index contributed by atoms with van der Waals surface area (Å²) in [5.74, 6) is -1.18. The molecule has 4 heteroatoms. The van der Waals surface area contributed by atoms with E-state index < -0.39 is 11.5 Å². The van der Waals surface area contributed by atoms with Crippen molar-refractivity contribution < 1.29 is 61.3 Å². The molecule has 0 fully saturated rings. The van der Waals surface area contributed by atoms with Crippen LogP contribution in [0.1, 0.15) is 26.7 Å². The number of hydrogen-bond donors (Lipinski definition) is 1. The molecule has 0 aromatic rings. The van der Waals surface area contributed by atoms with Gasteiger partial charge in [-0.05, 0) is 13.3 Å². The summed E-state index contributed by atoms with van der Waals surface area (Å²) in [6.45, 7) is 3.35. The molecular formula is C6H12KNO2. The van der Waals surface area contributed by atoms with Crippen molar-refractivity contribution in [2.24, 2.45) is 5.73 Å². The topological polar surface area (TPSA) is 66.2 Å². The summed E-state index contributed by atoms with van der Waals surface area (Å²) in [6, 6.07) is 0. The second kappa shape index (κ2) is 5.68. The summed E-state index contributed by atoms with van der Waals surface area (Å²) in [5, 5.41) is 10.2. The monoisotopic (exact) mass is 169 g/mol. The minimum Gasteiger partial charge on any atom is -0.548 e. The molecule has 0 aliphatic heterocycles. The molecule has 54 valence electrons. The van der Waals surface area contributed by atoms with Crippen molar-refractivity contribution in [3.8, 4) is 0 Å². The Morgan fingerprint density at radius 1 is 1.70 bits per heavy atom. The average Bonchev–Trinajstić information content (AvgIpc) is 1.65. The first-order valence-electron chi connectivity index (χ1n) is 3.01. The molecule has 0 spiro atoms. The van der Waals surface area contributed by atoms with Gasteiger partial charge in [0.05, 0.1) is 11.5 Å². The molecule has 0 rings (SSSR count). The summed E-state index contributed by atoms with van der Waals surface area (Å²) in [4.78, 5) is 10.2. The third-order valence-electron chi connectivity index (χ3n) is 1.24.